The average molecular weight is 236 g/mol. The summed E-state index contributed by atoms with van der Waals surface area (Å²) in [5.41, 5.74) is -0.573. The van der Waals surface area contributed by atoms with Crippen LogP contribution in [-0.2, 0) is 19.6 Å². The molecule has 0 unspecified atom stereocenters. The minimum Gasteiger partial charge on any atom is -0.462 e. The normalized spacial score (nSPS) is 12.3. The number of esters is 1. The molecule has 0 saturated heterocycles. The molecule has 1 N–H and O–H groups in total. The molecular formula is C9H16O5S. The van der Waals surface area contributed by atoms with Crippen LogP contribution in [0.3, 0.4) is 0 Å². The fourth-order valence-electron chi connectivity index (χ4n) is 0.920. The lowest BCUT2D eigenvalue weighted by molar-refractivity contribution is -0.141. The van der Waals surface area contributed by atoms with Crippen LogP contribution < -0.4 is 0 Å². The molecule has 0 rings (SSSR count). The summed E-state index contributed by atoms with van der Waals surface area (Å²) in [5, 5.41) is 0. The first-order chi connectivity index (χ1) is 6.53. The SMILES string of the molecule is C=C(C)C(=O)OCC(C)(C)CS(=O)(=O)O. The second kappa shape index (κ2) is 4.76. The van der Waals surface area contributed by atoms with E-state index >= 15 is 0 Å². The second-order valence-corrected chi connectivity index (χ2v) is 5.70. The predicted octanol–water partition coefficient (Wildman–Crippen LogP) is 1.02. The highest BCUT2D eigenvalue weighted by atomic mass is 32.2. The Kier molecular flexibility index (Phi) is 4.48. The first-order valence-electron chi connectivity index (χ1n) is 4.31. The smallest absolute Gasteiger partial charge is 0.333 e. The summed E-state index contributed by atoms with van der Waals surface area (Å²) in [5.74, 6) is -1.03. The van der Waals surface area contributed by atoms with E-state index in [1.54, 1.807) is 13.8 Å². The molecule has 0 fully saturated rings. The van der Waals surface area contributed by atoms with Gasteiger partial charge in [0.1, 0.15) is 0 Å². The van der Waals surface area contributed by atoms with Gasteiger partial charge in [0.2, 0.25) is 0 Å². The fraction of sp³-hybridized carbons (Fsp3) is 0.667. The molecule has 0 aliphatic carbocycles. The largest absolute Gasteiger partial charge is 0.462 e. The van der Waals surface area contributed by atoms with Gasteiger partial charge in [0.15, 0.2) is 0 Å². The summed E-state index contributed by atoms with van der Waals surface area (Å²) in [6.07, 6.45) is 0. The van der Waals surface area contributed by atoms with Crippen molar-refractivity contribution in [2.45, 2.75) is 20.8 Å². The van der Waals surface area contributed by atoms with Gasteiger partial charge in [-0.3, -0.25) is 4.55 Å². The zero-order valence-electron chi connectivity index (χ0n) is 9.11. The maximum Gasteiger partial charge on any atom is 0.333 e. The monoisotopic (exact) mass is 236 g/mol. The molecule has 15 heavy (non-hydrogen) atoms. The van der Waals surface area contributed by atoms with Crippen LogP contribution in [0.4, 0.5) is 0 Å². The van der Waals surface area contributed by atoms with Crippen LogP contribution in [0.2, 0.25) is 0 Å². The molecule has 0 saturated carbocycles. The third kappa shape index (κ3) is 7.10. The van der Waals surface area contributed by atoms with Crippen molar-refractivity contribution in [3.8, 4) is 0 Å². The standard InChI is InChI=1S/C9H16O5S/c1-7(2)8(10)14-5-9(3,4)6-15(11,12)13/h1,5-6H2,2-4H3,(H,11,12,13). The van der Waals surface area contributed by atoms with Gasteiger partial charge in [-0.25, -0.2) is 4.79 Å². The van der Waals surface area contributed by atoms with Gasteiger partial charge < -0.3 is 4.74 Å². The zero-order valence-corrected chi connectivity index (χ0v) is 9.93. The quantitative estimate of drug-likeness (QED) is 0.438. The van der Waals surface area contributed by atoms with E-state index in [9.17, 15) is 13.2 Å². The summed E-state index contributed by atoms with van der Waals surface area (Å²) < 4.78 is 34.7. The van der Waals surface area contributed by atoms with Crippen molar-refractivity contribution in [1.82, 2.24) is 0 Å². The topological polar surface area (TPSA) is 80.7 Å². The molecule has 0 aliphatic rings. The van der Waals surface area contributed by atoms with Crippen LogP contribution in [0.5, 0.6) is 0 Å². The lowest BCUT2D eigenvalue weighted by Crippen LogP contribution is -2.30. The summed E-state index contributed by atoms with van der Waals surface area (Å²) >= 11 is 0. The van der Waals surface area contributed by atoms with Gasteiger partial charge in [-0.05, 0) is 6.92 Å². The third-order valence-electron chi connectivity index (χ3n) is 1.52. The van der Waals surface area contributed by atoms with E-state index in [0.717, 1.165) is 0 Å². The predicted molar refractivity (Wildman–Crippen MR) is 56.0 cm³/mol. The van der Waals surface area contributed by atoms with Crippen LogP contribution in [0.1, 0.15) is 20.8 Å². The van der Waals surface area contributed by atoms with Gasteiger partial charge in [0, 0.05) is 11.0 Å². The van der Waals surface area contributed by atoms with E-state index < -0.39 is 27.3 Å². The van der Waals surface area contributed by atoms with Crippen molar-refractivity contribution in [3.05, 3.63) is 12.2 Å². The molecular weight excluding hydrogens is 220 g/mol. The number of hydrogen-bond acceptors (Lipinski definition) is 4. The Balaban J connectivity index is 4.28. The minimum atomic E-state index is -4.06. The van der Waals surface area contributed by atoms with Crippen LogP contribution >= 0.6 is 0 Å². The second-order valence-electron chi connectivity index (χ2n) is 4.25. The number of ether oxygens (including phenoxy) is 1. The van der Waals surface area contributed by atoms with Gasteiger partial charge in [-0.1, -0.05) is 20.4 Å². The summed E-state index contributed by atoms with van der Waals surface area (Å²) in [6.45, 7) is 7.95. The van der Waals surface area contributed by atoms with E-state index in [1.807, 2.05) is 0 Å². The van der Waals surface area contributed by atoms with Gasteiger partial charge in [-0.15, -0.1) is 0 Å². The molecule has 0 aliphatic heterocycles. The maximum absolute atomic E-state index is 11.0. The number of rotatable bonds is 5. The number of hydrogen-bond donors (Lipinski definition) is 1. The molecule has 5 nitrogen and oxygen atoms in total. The molecule has 0 aromatic rings. The van der Waals surface area contributed by atoms with Crippen molar-refractivity contribution < 1.29 is 22.5 Å². The maximum atomic E-state index is 11.0. The van der Waals surface area contributed by atoms with Gasteiger partial charge in [-0.2, -0.15) is 8.42 Å². The Morgan fingerprint density at radius 1 is 1.47 bits per heavy atom. The molecule has 0 aromatic carbocycles. The van der Waals surface area contributed by atoms with Crippen molar-refractivity contribution in [1.29, 1.82) is 0 Å². The number of carbonyl (C=O) groups is 1. The Hall–Kier alpha value is -0.880. The molecule has 0 atom stereocenters. The third-order valence-corrected chi connectivity index (χ3v) is 2.66. The Morgan fingerprint density at radius 3 is 2.27 bits per heavy atom. The van der Waals surface area contributed by atoms with Crippen LogP contribution in [0.15, 0.2) is 12.2 Å². The molecule has 0 bridgehead atoms. The minimum absolute atomic E-state index is 0.0848. The first-order valence-corrected chi connectivity index (χ1v) is 5.92. The number of carbonyl (C=O) groups excluding carboxylic acids is 1. The summed E-state index contributed by atoms with van der Waals surface area (Å²) in [4.78, 5) is 11.0. The summed E-state index contributed by atoms with van der Waals surface area (Å²) in [6, 6.07) is 0. The summed E-state index contributed by atoms with van der Waals surface area (Å²) in [7, 11) is -4.06. The van der Waals surface area contributed by atoms with E-state index in [-0.39, 0.29) is 12.2 Å². The van der Waals surface area contributed by atoms with Crippen LogP contribution in [0, 0.1) is 5.41 Å². The molecule has 0 heterocycles. The molecule has 88 valence electrons. The van der Waals surface area contributed by atoms with Crippen LogP contribution in [0.25, 0.3) is 0 Å². The van der Waals surface area contributed by atoms with Crippen LogP contribution in [-0.4, -0.2) is 31.3 Å². The molecule has 0 radical (unpaired) electrons. The lowest BCUT2D eigenvalue weighted by Gasteiger charge is -2.22. The fourth-order valence-corrected chi connectivity index (χ4v) is 1.99. The molecule has 0 amide bonds. The van der Waals surface area contributed by atoms with Crippen molar-refractivity contribution in [2.75, 3.05) is 12.4 Å². The Bertz CT molecular complexity index is 353. The van der Waals surface area contributed by atoms with E-state index in [0.29, 0.717) is 0 Å². The van der Waals surface area contributed by atoms with Crippen molar-refractivity contribution in [3.63, 3.8) is 0 Å². The van der Waals surface area contributed by atoms with E-state index in [2.05, 4.69) is 6.58 Å². The van der Waals surface area contributed by atoms with Crippen molar-refractivity contribution in [2.24, 2.45) is 5.41 Å². The Morgan fingerprint density at radius 2 is 1.93 bits per heavy atom. The van der Waals surface area contributed by atoms with Gasteiger partial charge >= 0.3 is 5.97 Å². The lowest BCUT2D eigenvalue weighted by atomic mass is 9.98. The highest BCUT2D eigenvalue weighted by Crippen LogP contribution is 2.18. The van der Waals surface area contributed by atoms with E-state index in [1.165, 1.54) is 6.92 Å². The molecule has 6 heteroatoms. The first kappa shape index (κ1) is 14.1. The highest BCUT2D eigenvalue weighted by molar-refractivity contribution is 7.85. The Labute approximate surface area is 89.9 Å². The van der Waals surface area contributed by atoms with E-state index in [4.69, 9.17) is 9.29 Å². The van der Waals surface area contributed by atoms with Crippen molar-refractivity contribution >= 4 is 16.1 Å². The van der Waals surface area contributed by atoms with Gasteiger partial charge in [0.25, 0.3) is 10.1 Å². The van der Waals surface area contributed by atoms with Gasteiger partial charge in [0.05, 0.1) is 12.4 Å². The zero-order chi connectivity index (χ0) is 12.3. The average Bonchev–Trinajstić information content (AvgIpc) is 1.95. The molecule has 0 aromatic heterocycles. The molecule has 0 spiro atoms. The highest BCUT2D eigenvalue weighted by Gasteiger charge is 2.26.